The molecule has 0 saturated heterocycles. The first kappa shape index (κ1) is 33.7. The second-order valence-corrected chi connectivity index (χ2v) is 13.2. The molecule has 0 aliphatic heterocycles. The minimum Gasteiger partial charge on any atom is -0.367 e. The van der Waals surface area contributed by atoms with Crippen LogP contribution in [0.25, 0.3) is 22.3 Å². The molecule has 4 aromatic rings. The Morgan fingerprint density at radius 2 is 1.13 bits per heavy atom. The van der Waals surface area contributed by atoms with Crippen molar-refractivity contribution in [3.8, 4) is 22.3 Å². The highest BCUT2D eigenvalue weighted by molar-refractivity contribution is 14.1. The summed E-state index contributed by atoms with van der Waals surface area (Å²) in [5, 5.41) is 17.7. The lowest BCUT2D eigenvalue weighted by molar-refractivity contribution is 0.301. The number of hydrogen-bond acceptors (Lipinski definition) is 8. The minimum absolute atomic E-state index is 0.519. The highest BCUT2D eigenvalue weighted by Gasteiger charge is 2.19. The number of nitrogens with zero attached hydrogens (tertiary/aromatic N) is 7. The van der Waals surface area contributed by atoms with E-state index >= 15 is 0 Å². The Hall–Kier alpha value is -3.67. The molecule has 46 heavy (non-hydrogen) atoms. The van der Waals surface area contributed by atoms with Gasteiger partial charge in [0.2, 0.25) is 0 Å². The SMILES string of the molecule is CCN(CC)N=Nc1ccc(-c2cnc(C)nc2NC2CCCC2)cc1.Cc1ncc(-c2ccc(I)cc2)c(NC2CCCC2)n1. The lowest BCUT2D eigenvalue weighted by atomic mass is 10.1. The first-order chi connectivity index (χ1) is 22.4. The normalized spacial score (nSPS) is 15.2. The van der Waals surface area contributed by atoms with Crippen molar-refractivity contribution in [1.29, 1.82) is 0 Å². The van der Waals surface area contributed by atoms with Crippen LogP contribution >= 0.6 is 22.6 Å². The van der Waals surface area contributed by atoms with Gasteiger partial charge in [-0.25, -0.2) is 19.9 Å². The molecule has 2 aromatic heterocycles. The van der Waals surface area contributed by atoms with Crippen molar-refractivity contribution in [1.82, 2.24) is 24.9 Å². The van der Waals surface area contributed by atoms with E-state index in [0.29, 0.717) is 12.1 Å². The fraction of sp³-hybridized carbons (Fsp3) is 0.444. The zero-order chi connectivity index (χ0) is 32.3. The van der Waals surface area contributed by atoms with Crippen LogP contribution in [0.1, 0.15) is 76.9 Å². The molecular weight excluding hydrogens is 685 g/mol. The molecule has 0 unspecified atom stereocenters. The molecule has 242 valence electrons. The van der Waals surface area contributed by atoms with Crippen LogP contribution in [0, 0.1) is 17.4 Å². The minimum atomic E-state index is 0.519. The van der Waals surface area contributed by atoms with Gasteiger partial charge >= 0.3 is 0 Å². The number of halogens is 1. The second kappa shape index (κ2) is 16.8. The van der Waals surface area contributed by atoms with Gasteiger partial charge in [-0.1, -0.05) is 55.2 Å². The van der Waals surface area contributed by atoms with Gasteiger partial charge in [0.1, 0.15) is 23.3 Å². The smallest absolute Gasteiger partial charge is 0.137 e. The van der Waals surface area contributed by atoms with Gasteiger partial charge in [0.25, 0.3) is 0 Å². The Bertz CT molecular complexity index is 1560. The van der Waals surface area contributed by atoms with Gasteiger partial charge in [0.05, 0.1) is 5.69 Å². The van der Waals surface area contributed by atoms with Gasteiger partial charge in [-0.2, -0.15) is 0 Å². The van der Waals surface area contributed by atoms with Crippen molar-refractivity contribution >= 4 is 39.9 Å². The van der Waals surface area contributed by atoms with Gasteiger partial charge < -0.3 is 10.6 Å². The molecule has 10 heteroatoms. The molecule has 2 aromatic carbocycles. The van der Waals surface area contributed by atoms with Crippen LogP contribution in [0.15, 0.2) is 71.3 Å². The van der Waals surface area contributed by atoms with Crippen LogP contribution in [0.3, 0.4) is 0 Å². The Balaban J connectivity index is 0.000000187. The van der Waals surface area contributed by atoms with E-state index in [9.17, 15) is 0 Å². The van der Waals surface area contributed by atoms with E-state index in [1.807, 2.05) is 43.4 Å². The Kier molecular flexibility index (Phi) is 12.3. The van der Waals surface area contributed by atoms with E-state index < -0.39 is 0 Å². The molecule has 2 saturated carbocycles. The average molecular weight is 732 g/mol. The molecule has 0 radical (unpaired) electrons. The molecule has 0 spiro atoms. The standard InChI is InChI=1S/C20H28N6.C16H18IN3/c1-4-26(5-2)25-24-18-12-10-16(11-13-18)19-14-21-15(3)22-20(19)23-17-8-6-7-9-17;1-11-18-10-15(12-6-8-13(17)9-7-12)16(19-11)20-14-4-2-3-5-14/h10-14,17H,4-9H2,1-3H3,(H,21,22,23);6-10,14H,2-5H2,1H3,(H,18,19,20). The summed E-state index contributed by atoms with van der Waals surface area (Å²) < 4.78 is 1.24. The lowest BCUT2D eigenvalue weighted by Crippen LogP contribution is -2.16. The molecule has 2 heterocycles. The van der Waals surface area contributed by atoms with Crippen LogP contribution < -0.4 is 10.6 Å². The maximum absolute atomic E-state index is 4.65. The number of rotatable bonds is 10. The van der Waals surface area contributed by atoms with E-state index in [4.69, 9.17) is 0 Å². The highest BCUT2D eigenvalue weighted by atomic mass is 127. The van der Waals surface area contributed by atoms with Gasteiger partial charge in [-0.05, 0) is 111 Å². The first-order valence-corrected chi connectivity index (χ1v) is 17.7. The zero-order valence-corrected chi connectivity index (χ0v) is 29.7. The van der Waals surface area contributed by atoms with Crippen molar-refractivity contribution in [3.05, 3.63) is 76.1 Å². The van der Waals surface area contributed by atoms with Gasteiger partial charge in [-0.3, -0.25) is 5.01 Å². The molecule has 2 aliphatic rings. The number of hydrogen-bond donors (Lipinski definition) is 2. The van der Waals surface area contributed by atoms with E-state index in [1.54, 1.807) is 0 Å². The highest BCUT2D eigenvalue weighted by Crippen LogP contribution is 2.31. The molecule has 0 amide bonds. The van der Waals surface area contributed by atoms with E-state index in [1.165, 1.54) is 60.5 Å². The number of aryl methyl sites for hydroxylation is 2. The number of benzene rings is 2. The summed E-state index contributed by atoms with van der Waals surface area (Å²) in [6, 6.07) is 17.7. The maximum atomic E-state index is 4.65. The van der Waals surface area contributed by atoms with Crippen LogP contribution in [0.5, 0.6) is 0 Å². The Morgan fingerprint density at radius 3 is 1.57 bits per heavy atom. The fourth-order valence-electron chi connectivity index (χ4n) is 5.91. The number of aromatic nitrogens is 4. The first-order valence-electron chi connectivity index (χ1n) is 16.6. The third-order valence-corrected chi connectivity index (χ3v) is 9.28. The monoisotopic (exact) mass is 731 g/mol. The van der Waals surface area contributed by atoms with Crippen LogP contribution in [-0.4, -0.2) is 50.1 Å². The number of anilines is 2. The molecule has 0 bridgehead atoms. The van der Waals surface area contributed by atoms with Crippen molar-refractivity contribution < 1.29 is 0 Å². The summed E-state index contributed by atoms with van der Waals surface area (Å²) in [6.45, 7) is 9.73. The zero-order valence-electron chi connectivity index (χ0n) is 27.5. The van der Waals surface area contributed by atoms with E-state index in [0.717, 1.165) is 58.8 Å². The van der Waals surface area contributed by atoms with Gasteiger partial charge in [0.15, 0.2) is 0 Å². The predicted octanol–water partition coefficient (Wildman–Crippen LogP) is 9.56. The Morgan fingerprint density at radius 1 is 0.696 bits per heavy atom. The van der Waals surface area contributed by atoms with Crippen molar-refractivity contribution in [2.24, 2.45) is 10.3 Å². The van der Waals surface area contributed by atoms with Crippen LogP contribution in [-0.2, 0) is 0 Å². The summed E-state index contributed by atoms with van der Waals surface area (Å²) in [5.41, 5.74) is 5.24. The van der Waals surface area contributed by atoms with E-state index in [2.05, 4.69) is 114 Å². The number of nitrogens with one attached hydrogen (secondary N) is 2. The summed E-state index contributed by atoms with van der Waals surface area (Å²) in [7, 11) is 0. The third kappa shape index (κ3) is 9.43. The lowest BCUT2D eigenvalue weighted by Gasteiger charge is -2.16. The molecule has 2 N–H and O–H groups in total. The predicted molar refractivity (Wildman–Crippen MR) is 196 cm³/mol. The van der Waals surface area contributed by atoms with Crippen LogP contribution in [0.4, 0.5) is 17.3 Å². The molecule has 9 nitrogen and oxygen atoms in total. The molecule has 2 aliphatic carbocycles. The average Bonchev–Trinajstić information content (AvgIpc) is 3.78. The van der Waals surface area contributed by atoms with Gasteiger partial charge in [0, 0.05) is 52.3 Å². The molecule has 2 fully saturated rings. The van der Waals surface area contributed by atoms with Crippen LogP contribution in [0.2, 0.25) is 0 Å². The van der Waals surface area contributed by atoms with Gasteiger partial charge in [-0.15, -0.1) is 5.11 Å². The summed E-state index contributed by atoms with van der Waals surface area (Å²) in [5.74, 6) is 3.52. The maximum Gasteiger partial charge on any atom is 0.137 e. The molecule has 6 rings (SSSR count). The summed E-state index contributed by atoms with van der Waals surface area (Å²) in [4.78, 5) is 18.0. The topological polar surface area (TPSA) is 104 Å². The van der Waals surface area contributed by atoms with E-state index in [-0.39, 0.29) is 0 Å². The summed E-state index contributed by atoms with van der Waals surface area (Å²) >= 11 is 2.32. The second-order valence-electron chi connectivity index (χ2n) is 12.0. The van der Waals surface area contributed by atoms with Crippen molar-refractivity contribution in [3.63, 3.8) is 0 Å². The molecule has 0 atom stereocenters. The third-order valence-electron chi connectivity index (χ3n) is 8.56. The van der Waals surface area contributed by atoms with Crippen molar-refractivity contribution in [2.45, 2.75) is 91.1 Å². The summed E-state index contributed by atoms with van der Waals surface area (Å²) in [6.07, 6.45) is 14.0. The Labute approximate surface area is 287 Å². The quantitative estimate of drug-likeness (QED) is 0.0952. The molecular formula is C36H46IN9. The largest absolute Gasteiger partial charge is 0.367 e. The fourth-order valence-corrected chi connectivity index (χ4v) is 6.27. The van der Waals surface area contributed by atoms with Crippen molar-refractivity contribution in [2.75, 3.05) is 23.7 Å².